The van der Waals surface area contributed by atoms with Crippen molar-refractivity contribution < 1.29 is 14.6 Å². The van der Waals surface area contributed by atoms with Gasteiger partial charge in [0.05, 0.1) is 0 Å². The first-order chi connectivity index (χ1) is 7.74. The third-order valence-electron chi connectivity index (χ3n) is 2.66. The Morgan fingerprint density at radius 3 is 3.00 bits per heavy atom. The summed E-state index contributed by atoms with van der Waals surface area (Å²) < 4.78 is 5.27. The number of rotatable bonds is 4. The number of allylic oxidation sites excluding steroid dienone is 2. The van der Waals surface area contributed by atoms with Gasteiger partial charge < -0.3 is 9.84 Å². The minimum Gasteiger partial charge on any atom is -0.460 e. The predicted octanol–water partition coefficient (Wildman–Crippen LogP) is 2.36. The van der Waals surface area contributed by atoms with Gasteiger partial charge in [0.1, 0.15) is 6.10 Å². The Kier molecular flexibility index (Phi) is 5.86. The second kappa shape index (κ2) is 7.23. The van der Waals surface area contributed by atoms with Crippen LogP contribution in [0.5, 0.6) is 0 Å². The van der Waals surface area contributed by atoms with Gasteiger partial charge in [-0.3, -0.25) is 0 Å². The van der Waals surface area contributed by atoms with Crippen molar-refractivity contribution in [1.29, 1.82) is 0 Å². The van der Waals surface area contributed by atoms with Crippen LogP contribution in [-0.4, -0.2) is 23.3 Å². The van der Waals surface area contributed by atoms with Crippen molar-refractivity contribution in [1.82, 2.24) is 0 Å². The molecule has 1 aliphatic rings. The third-order valence-corrected chi connectivity index (χ3v) is 2.66. The summed E-state index contributed by atoms with van der Waals surface area (Å²) in [5.74, 6) is -0.519. The van der Waals surface area contributed by atoms with Crippen molar-refractivity contribution in [3.8, 4) is 0 Å². The first-order valence-corrected chi connectivity index (χ1v) is 5.88. The number of hydrogen-bond acceptors (Lipinski definition) is 3. The lowest BCUT2D eigenvalue weighted by molar-refractivity contribution is -0.159. The van der Waals surface area contributed by atoms with Crippen molar-refractivity contribution in [2.24, 2.45) is 0 Å². The Morgan fingerprint density at radius 2 is 2.25 bits per heavy atom. The lowest BCUT2D eigenvalue weighted by atomic mass is 10.0. The van der Waals surface area contributed by atoms with Gasteiger partial charge in [0.15, 0.2) is 6.10 Å². The Labute approximate surface area is 96.8 Å². The van der Waals surface area contributed by atoms with Crippen LogP contribution in [0.2, 0.25) is 0 Å². The molecule has 0 saturated carbocycles. The van der Waals surface area contributed by atoms with Gasteiger partial charge in [-0.15, -0.1) is 6.58 Å². The van der Waals surface area contributed by atoms with Gasteiger partial charge in [-0.05, 0) is 32.1 Å². The highest BCUT2D eigenvalue weighted by Crippen LogP contribution is 2.16. The third kappa shape index (κ3) is 4.62. The van der Waals surface area contributed by atoms with Crippen molar-refractivity contribution in [3.63, 3.8) is 0 Å². The van der Waals surface area contributed by atoms with Crippen LogP contribution in [0, 0.1) is 0 Å². The van der Waals surface area contributed by atoms with Gasteiger partial charge in [0.2, 0.25) is 0 Å². The van der Waals surface area contributed by atoms with E-state index in [4.69, 9.17) is 4.74 Å². The molecule has 0 aromatic rings. The van der Waals surface area contributed by atoms with Crippen LogP contribution in [-0.2, 0) is 9.53 Å². The smallest absolute Gasteiger partial charge is 0.335 e. The molecule has 0 amide bonds. The first-order valence-electron chi connectivity index (χ1n) is 5.88. The van der Waals surface area contributed by atoms with Crippen molar-refractivity contribution in [3.05, 3.63) is 24.8 Å². The Balaban J connectivity index is 2.36. The van der Waals surface area contributed by atoms with Gasteiger partial charge in [0.25, 0.3) is 0 Å². The largest absolute Gasteiger partial charge is 0.460 e. The minimum atomic E-state index is -1.06. The van der Waals surface area contributed by atoms with Gasteiger partial charge in [-0.2, -0.15) is 0 Å². The number of hydrogen-bond donors (Lipinski definition) is 1. The SMILES string of the molecule is C=CCC(O)C(=O)OC1CC/C=C\CCC1. The molecule has 0 heterocycles. The van der Waals surface area contributed by atoms with E-state index in [1.165, 1.54) is 6.08 Å². The van der Waals surface area contributed by atoms with Crippen molar-refractivity contribution in [2.75, 3.05) is 0 Å². The summed E-state index contributed by atoms with van der Waals surface area (Å²) in [4.78, 5) is 11.5. The highest BCUT2D eigenvalue weighted by Gasteiger charge is 2.20. The molecular weight excluding hydrogens is 204 g/mol. The molecule has 1 rings (SSSR count). The number of carbonyl (C=O) groups is 1. The van der Waals surface area contributed by atoms with Crippen LogP contribution in [0.3, 0.4) is 0 Å². The summed E-state index contributed by atoms with van der Waals surface area (Å²) >= 11 is 0. The van der Waals surface area contributed by atoms with E-state index in [1.807, 2.05) is 0 Å². The Hall–Kier alpha value is -1.09. The van der Waals surface area contributed by atoms with Gasteiger partial charge in [-0.1, -0.05) is 18.2 Å². The van der Waals surface area contributed by atoms with E-state index in [0.29, 0.717) is 0 Å². The molecule has 3 nitrogen and oxygen atoms in total. The first kappa shape index (κ1) is 13.0. The van der Waals surface area contributed by atoms with E-state index in [9.17, 15) is 9.90 Å². The number of carbonyl (C=O) groups excluding carboxylic acids is 1. The predicted molar refractivity (Wildman–Crippen MR) is 62.9 cm³/mol. The zero-order valence-electron chi connectivity index (χ0n) is 9.60. The second-order valence-corrected chi connectivity index (χ2v) is 4.08. The van der Waals surface area contributed by atoms with E-state index in [2.05, 4.69) is 18.7 Å². The van der Waals surface area contributed by atoms with E-state index >= 15 is 0 Å². The summed E-state index contributed by atoms with van der Waals surface area (Å²) in [5, 5.41) is 9.41. The van der Waals surface area contributed by atoms with Gasteiger partial charge in [0, 0.05) is 6.42 Å². The standard InChI is InChI=1S/C13H20O3/c1-2-8-12(14)13(15)16-11-9-6-4-3-5-7-10-11/h2-4,11-12,14H,1,5-10H2/b4-3-. The molecule has 0 bridgehead atoms. The molecule has 1 aliphatic carbocycles. The summed E-state index contributed by atoms with van der Waals surface area (Å²) in [6.07, 6.45) is 9.73. The van der Waals surface area contributed by atoms with Crippen molar-refractivity contribution >= 4 is 5.97 Å². The Morgan fingerprint density at radius 1 is 1.50 bits per heavy atom. The molecule has 16 heavy (non-hydrogen) atoms. The fraction of sp³-hybridized carbons (Fsp3) is 0.615. The minimum absolute atomic E-state index is 0.0445. The summed E-state index contributed by atoms with van der Waals surface area (Å²) in [6, 6.07) is 0. The average molecular weight is 224 g/mol. The lowest BCUT2D eigenvalue weighted by Gasteiger charge is -2.19. The number of aliphatic hydroxyl groups excluding tert-OH is 1. The van der Waals surface area contributed by atoms with Gasteiger partial charge in [-0.25, -0.2) is 4.79 Å². The number of aliphatic hydroxyl groups is 1. The molecule has 0 radical (unpaired) electrons. The topological polar surface area (TPSA) is 46.5 Å². The maximum absolute atomic E-state index is 11.5. The van der Waals surface area contributed by atoms with E-state index in [-0.39, 0.29) is 12.5 Å². The normalized spacial score (nSPS) is 24.9. The quantitative estimate of drug-likeness (QED) is 0.589. The molecule has 0 fully saturated rings. The summed E-state index contributed by atoms with van der Waals surface area (Å²) in [7, 11) is 0. The second-order valence-electron chi connectivity index (χ2n) is 4.08. The molecule has 0 aromatic heterocycles. The molecule has 90 valence electrons. The fourth-order valence-corrected chi connectivity index (χ4v) is 1.74. The van der Waals surface area contributed by atoms with Crippen LogP contribution < -0.4 is 0 Å². The lowest BCUT2D eigenvalue weighted by Crippen LogP contribution is -2.28. The van der Waals surface area contributed by atoms with Crippen LogP contribution in [0.1, 0.15) is 38.5 Å². The molecule has 0 aromatic carbocycles. The fourth-order valence-electron chi connectivity index (χ4n) is 1.74. The molecule has 0 spiro atoms. The maximum Gasteiger partial charge on any atom is 0.335 e. The molecular formula is C13H20O3. The van der Waals surface area contributed by atoms with E-state index in [0.717, 1.165) is 32.1 Å². The summed E-state index contributed by atoms with van der Waals surface area (Å²) in [6.45, 7) is 3.48. The van der Waals surface area contributed by atoms with Crippen LogP contribution in [0.25, 0.3) is 0 Å². The molecule has 2 unspecified atom stereocenters. The Bertz CT molecular complexity index is 258. The van der Waals surface area contributed by atoms with E-state index < -0.39 is 12.1 Å². The monoisotopic (exact) mass is 224 g/mol. The zero-order valence-corrected chi connectivity index (χ0v) is 9.60. The molecule has 2 atom stereocenters. The maximum atomic E-state index is 11.5. The average Bonchev–Trinajstić information content (AvgIpc) is 2.22. The molecule has 3 heteroatoms. The van der Waals surface area contributed by atoms with Gasteiger partial charge >= 0.3 is 5.97 Å². The zero-order chi connectivity index (χ0) is 11.8. The van der Waals surface area contributed by atoms with Crippen LogP contribution >= 0.6 is 0 Å². The highest BCUT2D eigenvalue weighted by atomic mass is 16.6. The number of esters is 1. The molecule has 0 aliphatic heterocycles. The van der Waals surface area contributed by atoms with Crippen LogP contribution in [0.15, 0.2) is 24.8 Å². The van der Waals surface area contributed by atoms with Crippen LogP contribution in [0.4, 0.5) is 0 Å². The van der Waals surface area contributed by atoms with E-state index in [1.54, 1.807) is 0 Å². The summed E-state index contributed by atoms with van der Waals surface area (Å²) in [5.41, 5.74) is 0. The van der Waals surface area contributed by atoms with Crippen molar-refractivity contribution in [2.45, 2.75) is 50.7 Å². The highest BCUT2D eigenvalue weighted by molar-refractivity contribution is 5.74. The molecule has 1 N–H and O–H groups in total. The molecule has 0 saturated heterocycles. The number of ether oxygens (including phenoxy) is 1.